The third-order valence-corrected chi connectivity index (χ3v) is 2.58. The predicted octanol–water partition coefficient (Wildman–Crippen LogP) is 1.61. The van der Waals surface area contributed by atoms with Gasteiger partial charge in [-0.2, -0.15) is 0 Å². The third kappa shape index (κ3) is 3.77. The van der Waals surface area contributed by atoms with Crippen molar-refractivity contribution < 1.29 is 13.6 Å². The van der Waals surface area contributed by atoms with Gasteiger partial charge >= 0.3 is 0 Å². The van der Waals surface area contributed by atoms with Gasteiger partial charge in [-0.1, -0.05) is 12.1 Å². The summed E-state index contributed by atoms with van der Waals surface area (Å²) in [4.78, 5) is 11.8. The Morgan fingerprint density at radius 3 is 2.61 bits per heavy atom. The van der Waals surface area contributed by atoms with Crippen molar-refractivity contribution in [3.63, 3.8) is 0 Å². The molecule has 1 aromatic rings. The summed E-state index contributed by atoms with van der Waals surface area (Å²) in [6.07, 6.45) is 0.0959. The lowest BCUT2D eigenvalue weighted by atomic mass is 9.97. The number of carbonyl (C=O) groups is 1. The summed E-state index contributed by atoms with van der Waals surface area (Å²) < 4.78 is 26.5. The van der Waals surface area contributed by atoms with Gasteiger partial charge in [0.05, 0.1) is 5.92 Å². The minimum Gasteiger partial charge on any atom is -0.354 e. The Labute approximate surface area is 105 Å². The summed E-state index contributed by atoms with van der Waals surface area (Å²) in [6, 6.07) is 3.92. The second kappa shape index (κ2) is 6.44. The molecular formula is C13H18F2N2O. The van der Waals surface area contributed by atoms with Gasteiger partial charge in [0.2, 0.25) is 5.91 Å². The molecule has 3 nitrogen and oxygen atoms in total. The van der Waals surface area contributed by atoms with Crippen LogP contribution < -0.4 is 11.1 Å². The van der Waals surface area contributed by atoms with Crippen LogP contribution in [0.5, 0.6) is 0 Å². The highest BCUT2D eigenvalue weighted by molar-refractivity contribution is 5.79. The van der Waals surface area contributed by atoms with Crippen LogP contribution in [0.3, 0.4) is 0 Å². The minimum atomic E-state index is -0.910. The van der Waals surface area contributed by atoms with Crippen molar-refractivity contribution in [2.75, 3.05) is 6.54 Å². The van der Waals surface area contributed by atoms with Crippen LogP contribution in [-0.4, -0.2) is 18.5 Å². The van der Waals surface area contributed by atoms with E-state index in [1.54, 1.807) is 0 Å². The van der Waals surface area contributed by atoms with Crippen molar-refractivity contribution in [1.29, 1.82) is 0 Å². The van der Waals surface area contributed by atoms with Gasteiger partial charge in [-0.15, -0.1) is 0 Å². The second-order valence-electron chi connectivity index (χ2n) is 4.51. The molecule has 1 atom stereocenters. The number of nitrogens with one attached hydrogen (secondary N) is 1. The van der Waals surface area contributed by atoms with Crippen molar-refractivity contribution in [2.45, 2.75) is 26.3 Å². The van der Waals surface area contributed by atoms with E-state index < -0.39 is 17.6 Å². The van der Waals surface area contributed by atoms with Crippen LogP contribution in [0.25, 0.3) is 0 Å². The molecule has 0 saturated carbocycles. The van der Waals surface area contributed by atoms with Crippen LogP contribution in [0.15, 0.2) is 18.2 Å². The third-order valence-electron chi connectivity index (χ3n) is 2.58. The molecule has 0 aromatic heterocycles. The Hall–Kier alpha value is -1.49. The number of rotatable bonds is 5. The number of amides is 1. The van der Waals surface area contributed by atoms with Gasteiger partial charge in [-0.3, -0.25) is 4.79 Å². The number of hydrogen-bond donors (Lipinski definition) is 2. The zero-order valence-electron chi connectivity index (χ0n) is 10.5. The van der Waals surface area contributed by atoms with Crippen molar-refractivity contribution >= 4 is 5.91 Å². The largest absolute Gasteiger partial charge is 0.354 e. The number of benzene rings is 1. The van der Waals surface area contributed by atoms with Gasteiger partial charge in [-0.25, -0.2) is 8.78 Å². The van der Waals surface area contributed by atoms with Crippen LogP contribution in [0, 0.1) is 17.6 Å². The van der Waals surface area contributed by atoms with Crippen molar-refractivity contribution in [1.82, 2.24) is 5.32 Å². The smallest absolute Gasteiger partial charge is 0.224 e. The number of hydrogen-bond acceptors (Lipinski definition) is 2. The van der Waals surface area contributed by atoms with E-state index in [0.29, 0.717) is 0 Å². The Morgan fingerprint density at radius 1 is 1.39 bits per heavy atom. The molecule has 0 bridgehead atoms. The van der Waals surface area contributed by atoms with E-state index in [1.165, 1.54) is 12.1 Å². The topological polar surface area (TPSA) is 55.1 Å². The molecule has 5 heteroatoms. The number of carbonyl (C=O) groups excluding carboxylic acids is 1. The standard InChI is InChI=1S/C13H18F2N2O/c1-8(2)17-13(18)10(7-16)6-9-4-3-5-11(14)12(9)15/h3-5,8,10H,6-7,16H2,1-2H3,(H,17,18). The first-order valence-electron chi connectivity index (χ1n) is 5.89. The van der Waals surface area contributed by atoms with E-state index in [-0.39, 0.29) is 30.5 Å². The molecule has 1 amide bonds. The quantitative estimate of drug-likeness (QED) is 0.841. The lowest BCUT2D eigenvalue weighted by Gasteiger charge is -2.17. The first-order chi connectivity index (χ1) is 8.45. The molecule has 0 fully saturated rings. The molecular weight excluding hydrogens is 238 g/mol. The van der Waals surface area contributed by atoms with Crippen molar-refractivity contribution in [2.24, 2.45) is 11.7 Å². The molecule has 0 aliphatic heterocycles. The van der Waals surface area contributed by atoms with Gasteiger partial charge in [0, 0.05) is 12.6 Å². The normalized spacial score (nSPS) is 12.6. The van der Waals surface area contributed by atoms with Gasteiger partial charge in [-0.05, 0) is 31.9 Å². The van der Waals surface area contributed by atoms with Gasteiger partial charge < -0.3 is 11.1 Å². The van der Waals surface area contributed by atoms with Gasteiger partial charge in [0.1, 0.15) is 0 Å². The van der Waals surface area contributed by atoms with E-state index in [4.69, 9.17) is 5.73 Å². The van der Waals surface area contributed by atoms with Crippen LogP contribution in [-0.2, 0) is 11.2 Å². The highest BCUT2D eigenvalue weighted by atomic mass is 19.2. The summed E-state index contributed by atoms with van der Waals surface area (Å²) in [5.74, 6) is -2.61. The van der Waals surface area contributed by atoms with E-state index in [0.717, 1.165) is 6.07 Å². The van der Waals surface area contributed by atoms with Crippen LogP contribution in [0.1, 0.15) is 19.4 Å². The summed E-state index contributed by atoms with van der Waals surface area (Å²) in [6.45, 7) is 3.75. The SMILES string of the molecule is CC(C)NC(=O)C(CN)Cc1cccc(F)c1F. The van der Waals surface area contributed by atoms with E-state index >= 15 is 0 Å². The predicted molar refractivity (Wildman–Crippen MR) is 65.9 cm³/mol. The zero-order chi connectivity index (χ0) is 13.7. The molecule has 18 heavy (non-hydrogen) atoms. The molecule has 0 spiro atoms. The Balaban J connectivity index is 2.80. The lowest BCUT2D eigenvalue weighted by Crippen LogP contribution is -2.39. The highest BCUT2D eigenvalue weighted by Crippen LogP contribution is 2.15. The molecule has 0 aliphatic carbocycles. The van der Waals surface area contributed by atoms with Crippen molar-refractivity contribution in [3.05, 3.63) is 35.4 Å². The first kappa shape index (κ1) is 14.6. The second-order valence-corrected chi connectivity index (χ2v) is 4.51. The minimum absolute atomic E-state index is 0.0103. The summed E-state index contributed by atoms with van der Waals surface area (Å²) in [5, 5.41) is 2.71. The first-order valence-corrected chi connectivity index (χ1v) is 5.89. The maximum absolute atomic E-state index is 13.5. The van der Waals surface area contributed by atoms with Crippen LogP contribution >= 0.6 is 0 Å². The average Bonchev–Trinajstić information content (AvgIpc) is 2.30. The number of nitrogens with two attached hydrogens (primary N) is 1. The fourth-order valence-corrected chi connectivity index (χ4v) is 1.66. The van der Waals surface area contributed by atoms with Crippen molar-refractivity contribution in [3.8, 4) is 0 Å². The number of halogens is 2. The highest BCUT2D eigenvalue weighted by Gasteiger charge is 2.20. The Bertz CT molecular complexity index is 421. The van der Waals surface area contributed by atoms with E-state index in [1.807, 2.05) is 13.8 Å². The molecule has 0 saturated heterocycles. The zero-order valence-corrected chi connectivity index (χ0v) is 10.5. The van der Waals surface area contributed by atoms with Gasteiger partial charge in [0.15, 0.2) is 11.6 Å². The molecule has 100 valence electrons. The maximum Gasteiger partial charge on any atom is 0.224 e. The fraction of sp³-hybridized carbons (Fsp3) is 0.462. The molecule has 0 heterocycles. The Kier molecular flexibility index (Phi) is 5.22. The van der Waals surface area contributed by atoms with E-state index in [2.05, 4.69) is 5.32 Å². The van der Waals surface area contributed by atoms with Gasteiger partial charge in [0.25, 0.3) is 0 Å². The Morgan fingerprint density at radius 2 is 2.06 bits per heavy atom. The fourth-order valence-electron chi connectivity index (χ4n) is 1.66. The van der Waals surface area contributed by atoms with Crippen LogP contribution in [0.4, 0.5) is 8.78 Å². The summed E-state index contributed by atoms with van der Waals surface area (Å²) >= 11 is 0. The molecule has 1 rings (SSSR count). The molecule has 1 aromatic carbocycles. The molecule has 1 unspecified atom stereocenters. The lowest BCUT2D eigenvalue weighted by molar-refractivity contribution is -0.125. The summed E-state index contributed by atoms with van der Waals surface area (Å²) in [5.41, 5.74) is 5.68. The van der Waals surface area contributed by atoms with E-state index in [9.17, 15) is 13.6 Å². The monoisotopic (exact) mass is 256 g/mol. The molecule has 0 aliphatic rings. The molecule has 0 radical (unpaired) electrons. The maximum atomic E-state index is 13.5. The molecule has 3 N–H and O–H groups in total. The average molecular weight is 256 g/mol. The summed E-state index contributed by atoms with van der Waals surface area (Å²) in [7, 11) is 0. The van der Waals surface area contributed by atoms with Crippen LogP contribution in [0.2, 0.25) is 0 Å².